The van der Waals surface area contributed by atoms with Gasteiger partial charge in [0.1, 0.15) is 6.61 Å². The third-order valence-electron chi connectivity index (χ3n) is 13.8. The van der Waals surface area contributed by atoms with Crippen LogP contribution in [0.2, 0.25) is 0 Å². The summed E-state index contributed by atoms with van der Waals surface area (Å²) in [5.41, 5.74) is 5.39. The molecule has 0 rings (SSSR count). The lowest BCUT2D eigenvalue weighted by molar-refractivity contribution is -0.161. The molecule has 0 aromatic carbocycles. The number of allylic oxidation sites excluding steroid dienone is 22. The summed E-state index contributed by atoms with van der Waals surface area (Å²) < 4.78 is 33.1. The van der Waals surface area contributed by atoms with Gasteiger partial charge < -0.3 is 20.1 Å². The lowest BCUT2D eigenvalue weighted by Crippen LogP contribution is -2.29. The third-order valence-corrected chi connectivity index (χ3v) is 14.8. The first-order chi connectivity index (χ1) is 40.3. The van der Waals surface area contributed by atoms with Gasteiger partial charge in [-0.1, -0.05) is 302 Å². The summed E-state index contributed by atoms with van der Waals surface area (Å²) in [6, 6.07) is 0. The van der Waals surface area contributed by atoms with E-state index in [-0.39, 0.29) is 38.6 Å². The van der Waals surface area contributed by atoms with Crippen LogP contribution in [-0.2, 0) is 32.7 Å². The Kier molecular flexibility index (Phi) is 63.2. The van der Waals surface area contributed by atoms with E-state index in [2.05, 4.69) is 148 Å². The number of carbonyl (C=O) groups is 2. The van der Waals surface area contributed by atoms with E-state index in [4.69, 9.17) is 24.3 Å². The fourth-order valence-corrected chi connectivity index (χ4v) is 9.70. The first-order valence-corrected chi connectivity index (χ1v) is 34.7. The minimum atomic E-state index is -4.40. The standard InChI is InChI=1S/C72H122NO8P/c1-3-5-7-9-11-13-15-17-19-21-23-25-27-28-29-30-31-32-33-34-35-36-37-38-39-40-41-42-43-45-47-49-51-53-55-57-59-61-63-65-72(75)81-70(69-80-82(76,77)79-67-66-73)68-78-71(74)64-62-60-58-56-54-52-50-48-46-44-26-24-22-20-18-16-14-12-10-8-6-4-2/h5,7,11,13,17,19,23,25,28-29,31-32,34-35,37-38,40-41,43,45,49,51,70H,3-4,6,8-10,12,14-16,18,20-22,24,26-27,30,33,36,39,42,44,46-48,50,52-69,73H2,1-2H3,(H,76,77)/b7-5-,13-11-,19-17-,25-23-,29-28-,32-31-,35-34-,38-37-,41-40-,45-43-,51-49-. The smallest absolute Gasteiger partial charge is 0.462 e. The number of unbranched alkanes of at least 4 members (excludes halogenated alkanes) is 26. The summed E-state index contributed by atoms with van der Waals surface area (Å²) in [5, 5.41) is 0. The molecule has 0 aliphatic heterocycles. The molecule has 0 aliphatic carbocycles. The van der Waals surface area contributed by atoms with Crippen LogP contribution in [0.3, 0.4) is 0 Å². The average Bonchev–Trinajstić information content (AvgIpc) is 3.48. The molecular weight excluding hydrogens is 1040 g/mol. The van der Waals surface area contributed by atoms with Crippen molar-refractivity contribution >= 4 is 19.8 Å². The Hall–Kier alpha value is -3.85. The van der Waals surface area contributed by atoms with Crippen molar-refractivity contribution in [2.24, 2.45) is 5.73 Å². The molecule has 0 saturated carbocycles. The topological polar surface area (TPSA) is 134 Å². The fourth-order valence-electron chi connectivity index (χ4n) is 8.94. The zero-order chi connectivity index (χ0) is 59.4. The van der Waals surface area contributed by atoms with Gasteiger partial charge in [0, 0.05) is 19.4 Å². The van der Waals surface area contributed by atoms with Crippen molar-refractivity contribution in [2.75, 3.05) is 26.4 Å². The minimum Gasteiger partial charge on any atom is -0.462 e. The molecule has 2 atom stereocenters. The van der Waals surface area contributed by atoms with Crippen molar-refractivity contribution in [1.82, 2.24) is 0 Å². The number of rotatable bonds is 61. The van der Waals surface area contributed by atoms with Gasteiger partial charge in [0.25, 0.3) is 0 Å². The van der Waals surface area contributed by atoms with Crippen LogP contribution in [0.1, 0.15) is 277 Å². The second-order valence-electron chi connectivity index (χ2n) is 21.6. The third kappa shape index (κ3) is 65.3. The summed E-state index contributed by atoms with van der Waals surface area (Å²) in [4.78, 5) is 35.3. The summed E-state index contributed by atoms with van der Waals surface area (Å²) in [7, 11) is -4.40. The highest BCUT2D eigenvalue weighted by atomic mass is 31.2. The van der Waals surface area contributed by atoms with Gasteiger partial charge in [-0.25, -0.2) is 4.57 Å². The van der Waals surface area contributed by atoms with E-state index in [9.17, 15) is 19.0 Å². The second-order valence-corrected chi connectivity index (χ2v) is 23.1. The van der Waals surface area contributed by atoms with Crippen LogP contribution in [0.25, 0.3) is 0 Å². The normalized spacial score (nSPS) is 13.9. The summed E-state index contributed by atoms with van der Waals surface area (Å²) >= 11 is 0. The molecule has 0 saturated heterocycles. The molecule has 82 heavy (non-hydrogen) atoms. The van der Waals surface area contributed by atoms with Crippen molar-refractivity contribution in [2.45, 2.75) is 283 Å². The quantitative estimate of drug-likeness (QED) is 0.0264. The van der Waals surface area contributed by atoms with Crippen LogP contribution >= 0.6 is 7.82 Å². The zero-order valence-electron chi connectivity index (χ0n) is 52.4. The number of hydrogen-bond donors (Lipinski definition) is 2. The van der Waals surface area contributed by atoms with Gasteiger partial charge in [0.05, 0.1) is 13.2 Å². The highest BCUT2D eigenvalue weighted by Gasteiger charge is 2.26. The molecule has 10 heteroatoms. The monoisotopic (exact) mass is 1160 g/mol. The van der Waals surface area contributed by atoms with E-state index in [1.807, 2.05) is 0 Å². The first-order valence-electron chi connectivity index (χ1n) is 33.2. The molecule has 0 aromatic heterocycles. The number of phosphoric acid groups is 1. The highest BCUT2D eigenvalue weighted by molar-refractivity contribution is 7.47. The molecule has 3 N–H and O–H groups in total. The average molecular weight is 1160 g/mol. The van der Waals surface area contributed by atoms with Crippen LogP contribution in [-0.4, -0.2) is 49.3 Å². The predicted octanol–water partition coefficient (Wildman–Crippen LogP) is 21.7. The maximum Gasteiger partial charge on any atom is 0.472 e. The maximum absolute atomic E-state index is 12.7. The van der Waals surface area contributed by atoms with Crippen molar-refractivity contribution in [1.29, 1.82) is 0 Å². The molecule has 0 spiro atoms. The van der Waals surface area contributed by atoms with Crippen molar-refractivity contribution in [3.05, 3.63) is 134 Å². The number of hydrogen-bond acceptors (Lipinski definition) is 8. The van der Waals surface area contributed by atoms with Gasteiger partial charge >= 0.3 is 19.8 Å². The Labute approximate surface area is 504 Å². The van der Waals surface area contributed by atoms with E-state index < -0.39 is 26.5 Å². The van der Waals surface area contributed by atoms with Gasteiger partial charge in [0.15, 0.2) is 6.10 Å². The largest absolute Gasteiger partial charge is 0.472 e. The predicted molar refractivity (Wildman–Crippen MR) is 353 cm³/mol. The highest BCUT2D eigenvalue weighted by Crippen LogP contribution is 2.43. The molecular formula is C72H122NO8P. The SMILES string of the molecule is CC/C=C\C/C=C\C/C=C\C/C=C\C/C=C\C/C=C\C/C=C\C/C=C\C/C=C\C/C=C\C/C=C\CCCCCCCC(=O)OC(COC(=O)CCCCCCCCCCCCCCCCCCCCCCCC)COP(=O)(O)OCCN. The first kappa shape index (κ1) is 78.1. The minimum absolute atomic E-state index is 0.0448. The van der Waals surface area contributed by atoms with Gasteiger partial charge in [-0.3, -0.25) is 18.6 Å². The summed E-state index contributed by atoms with van der Waals surface area (Å²) in [5.74, 6) is -0.849. The number of esters is 2. The molecule has 0 heterocycles. The molecule has 9 nitrogen and oxygen atoms in total. The summed E-state index contributed by atoms with van der Waals surface area (Å²) in [6.45, 7) is 3.63. The van der Waals surface area contributed by atoms with Crippen LogP contribution < -0.4 is 5.73 Å². The molecule has 0 fully saturated rings. The second kappa shape index (κ2) is 66.3. The lowest BCUT2D eigenvalue weighted by Gasteiger charge is -2.19. The summed E-state index contributed by atoms with van der Waals surface area (Å²) in [6.07, 6.45) is 93.8. The maximum atomic E-state index is 12.7. The van der Waals surface area contributed by atoms with E-state index in [1.54, 1.807) is 0 Å². The van der Waals surface area contributed by atoms with E-state index in [0.717, 1.165) is 122 Å². The van der Waals surface area contributed by atoms with Crippen LogP contribution in [0.5, 0.6) is 0 Å². The Morgan fingerprint density at radius 2 is 0.671 bits per heavy atom. The number of nitrogens with two attached hydrogens (primary N) is 1. The van der Waals surface area contributed by atoms with E-state index in [1.165, 1.54) is 122 Å². The molecule has 2 unspecified atom stereocenters. The molecule has 0 amide bonds. The van der Waals surface area contributed by atoms with Gasteiger partial charge in [0.2, 0.25) is 0 Å². The number of phosphoric ester groups is 1. The van der Waals surface area contributed by atoms with Crippen LogP contribution in [0.15, 0.2) is 134 Å². The fraction of sp³-hybridized carbons (Fsp3) is 0.667. The van der Waals surface area contributed by atoms with Crippen LogP contribution in [0, 0.1) is 0 Å². The number of carbonyl (C=O) groups excluding carboxylic acids is 2. The Morgan fingerprint density at radius 1 is 0.378 bits per heavy atom. The molecule has 0 aliphatic rings. The van der Waals surface area contributed by atoms with Crippen LogP contribution in [0.4, 0.5) is 0 Å². The zero-order valence-corrected chi connectivity index (χ0v) is 53.3. The Morgan fingerprint density at radius 3 is 1.00 bits per heavy atom. The van der Waals surface area contributed by atoms with Gasteiger partial charge in [-0.05, 0) is 96.3 Å². The number of ether oxygens (including phenoxy) is 2. The molecule has 0 radical (unpaired) electrons. The molecule has 0 bridgehead atoms. The Balaban J connectivity index is 4.01. The molecule has 0 aromatic rings. The van der Waals surface area contributed by atoms with E-state index >= 15 is 0 Å². The van der Waals surface area contributed by atoms with Crippen molar-refractivity contribution < 1.29 is 37.6 Å². The van der Waals surface area contributed by atoms with Gasteiger partial charge in [-0.15, -0.1) is 0 Å². The molecule has 468 valence electrons. The van der Waals surface area contributed by atoms with E-state index in [0.29, 0.717) is 6.42 Å². The van der Waals surface area contributed by atoms with Gasteiger partial charge in [-0.2, -0.15) is 0 Å². The van der Waals surface area contributed by atoms with Crippen molar-refractivity contribution in [3.63, 3.8) is 0 Å². The Bertz CT molecular complexity index is 1800. The van der Waals surface area contributed by atoms with Crippen molar-refractivity contribution in [3.8, 4) is 0 Å². The lowest BCUT2D eigenvalue weighted by atomic mass is 10.0.